The summed E-state index contributed by atoms with van der Waals surface area (Å²) >= 11 is 3.48. The number of unbranched alkanes of at least 4 members (excludes halogenated alkanes) is 3. The zero-order chi connectivity index (χ0) is 17.8. The second-order valence-electron chi connectivity index (χ2n) is 7.95. The first-order valence-electron chi connectivity index (χ1n) is 8.83. The maximum atomic E-state index is 6.22. The lowest BCUT2D eigenvalue weighted by Crippen LogP contribution is -2.40. The van der Waals surface area contributed by atoms with E-state index in [0.717, 1.165) is 35.3 Å². The molecule has 0 atom stereocenters. The van der Waals surface area contributed by atoms with Gasteiger partial charge in [-0.1, -0.05) is 33.6 Å². The largest absolute Gasteiger partial charge is 0.417 e. The van der Waals surface area contributed by atoms with E-state index in [2.05, 4.69) is 65.9 Å². The van der Waals surface area contributed by atoms with Gasteiger partial charge in [0.25, 0.3) is 0 Å². The molecule has 0 radical (unpaired) electrons. The third-order valence-electron chi connectivity index (χ3n) is 4.98. The minimum atomic E-state index is -1.57. The summed E-state index contributed by atoms with van der Waals surface area (Å²) < 4.78 is 8.97. The molecular weight excluding hydrogens is 382 g/mol. The fourth-order valence-corrected chi connectivity index (χ4v) is 3.77. The third-order valence-corrected chi connectivity index (χ3v) is 10.1. The van der Waals surface area contributed by atoms with E-state index >= 15 is 0 Å². The van der Waals surface area contributed by atoms with Crippen LogP contribution in [0, 0.1) is 0 Å². The Morgan fingerprint density at radius 3 is 2.58 bits per heavy atom. The molecule has 0 saturated carbocycles. The van der Waals surface area contributed by atoms with Crippen molar-refractivity contribution in [3.63, 3.8) is 0 Å². The van der Waals surface area contributed by atoms with Gasteiger partial charge in [0.05, 0.1) is 10.7 Å². The SMILES string of the molecule is CC(C)(C)[Si](C)(C)OCCCCCCc1ccn2ncc(Br)c2n1. The molecule has 0 fully saturated rings. The number of hydrogen-bond donors (Lipinski definition) is 0. The van der Waals surface area contributed by atoms with Crippen molar-refractivity contribution in [3.8, 4) is 0 Å². The van der Waals surface area contributed by atoms with Crippen molar-refractivity contribution in [3.05, 3.63) is 28.6 Å². The summed E-state index contributed by atoms with van der Waals surface area (Å²) in [6.07, 6.45) is 9.59. The van der Waals surface area contributed by atoms with Crippen LogP contribution in [-0.2, 0) is 10.8 Å². The van der Waals surface area contributed by atoms with Crippen LogP contribution in [0.2, 0.25) is 18.1 Å². The monoisotopic (exact) mass is 411 g/mol. The van der Waals surface area contributed by atoms with Gasteiger partial charge < -0.3 is 4.43 Å². The number of aryl methyl sites for hydroxylation is 1. The van der Waals surface area contributed by atoms with Crippen LogP contribution in [0.1, 0.15) is 52.1 Å². The second-order valence-corrected chi connectivity index (χ2v) is 13.6. The first-order valence-corrected chi connectivity index (χ1v) is 12.5. The molecule has 0 bridgehead atoms. The topological polar surface area (TPSA) is 39.4 Å². The van der Waals surface area contributed by atoms with Gasteiger partial charge in [0.2, 0.25) is 0 Å². The van der Waals surface area contributed by atoms with Gasteiger partial charge in [0.15, 0.2) is 14.0 Å². The molecule has 0 saturated heterocycles. The van der Waals surface area contributed by atoms with Crippen LogP contribution in [0.5, 0.6) is 0 Å². The highest BCUT2D eigenvalue weighted by Crippen LogP contribution is 2.36. The van der Waals surface area contributed by atoms with Crippen molar-refractivity contribution in [2.24, 2.45) is 0 Å². The van der Waals surface area contributed by atoms with Crippen LogP contribution >= 0.6 is 15.9 Å². The van der Waals surface area contributed by atoms with Crippen molar-refractivity contribution in [1.29, 1.82) is 0 Å². The average Bonchev–Trinajstić information content (AvgIpc) is 2.86. The van der Waals surface area contributed by atoms with E-state index in [9.17, 15) is 0 Å². The van der Waals surface area contributed by atoms with Gasteiger partial charge in [0, 0.05) is 18.5 Å². The molecular formula is C18H30BrN3OSi. The molecule has 134 valence electrons. The van der Waals surface area contributed by atoms with Crippen LogP contribution in [0.25, 0.3) is 5.65 Å². The smallest absolute Gasteiger partial charge is 0.191 e. The molecule has 4 nitrogen and oxygen atoms in total. The Labute approximate surface area is 155 Å². The molecule has 0 aliphatic carbocycles. The highest BCUT2D eigenvalue weighted by molar-refractivity contribution is 9.10. The van der Waals surface area contributed by atoms with Gasteiger partial charge in [-0.25, -0.2) is 9.50 Å². The summed E-state index contributed by atoms with van der Waals surface area (Å²) in [5, 5.41) is 4.53. The number of halogens is 1. The Kier molecular flexibility index (Phi) is 6.62. The average molecular weight is 412 g/mol. The van der Waals surface area contributed by atoms with E-state index in [-0.39, 0.29) is 0 Å². The Balaban J connectivity index is 1.65. The first kappa shape index (κ1) is 19.6. The van der Waals surface area contributed by atoms with E-state index in [1.807, 2.05) is 6.20 Å². The summed E-state index contributed by atoms with van der Waals surface area (Å²) in [5.41, 5.74) is 2.04. The number of hydrogen-bond acceptors (Lipinski definition) is 3. The molecule has 0 aliphatic rings. The minimum Gasteiger partial charge on any atom is -0.417 e. The van der Waals surface area contributed by atoms with E-state index in [1.54, 1.807) is 10.7 Å². The summed E-state index contributed by atoms with van der Waals surface area (Å²) in [5.74, 6) is 0. The Hall–Kier alpha value is -0.723. The molecule has 0 N–H and O–H groups in total. The molecule has 0 aromatic carbocycles. The Morgan fingerprint density at radius 1 is 1.17 bits per heavy atom. The van der Waals surface area contributed by atoms with Crippen LogP contribution in [-0.4, -0.2) is 29.5 Å². The van der Waals surface area contributed by atoms with Crippen LogP contribution in [0.3, 0.4) is 0 Å². The van der Waals surface area contributed by atoms with Crippen LogP contribution in [0.4, 0.5) is 0 Å². The number of nitrogens with zero attached hydrogens (tertiary/aromatic N) is 3. The lowest BCUT2D eigenvalue weighted by molar-refractivity contribution is 0.277. The summed E-state index contributed by atoms with van der Waals surface area (Å²) in [6.45, 7) is 12.4. The molecule has 0 amide bonds. The molecule has 0 unspecified atom stereocenters. The van der Waals surface area contributed by atoms with Crippen LogP contribution in [0.15, 0.2) is 22.9 Å². The molecule has 2 aromatic heterocycles. The molecule has 2 aromatic rings. The lowest BCUT2D eigenvalue weighted by Gasteiger charge is -2.36. The minimum absolute atomic E-state index is 0.305. The van der Waals surface area contributed by atoms with Crippen LogP contribution < -0.4 is 0 Å². The molecule has 2 heterocycles. The van der Waals surface area contributed by atoms with Gasteiger partial charge in [-0.05, 0) is 59.4 Å². The second kappa shape index (κ2) is 8.10. The Bertz CT molecular complexity index is 664. The maximum Gasteiger partial charge on any atom is 0.191 e. The van der Waals surface area contributed by atoms with E-state index < -0.39 is 8.32 Å². The number of aromatic nitrogens is 3. The van der Waals surface area contributed by atoms with Gasteiger partial charge in [0.1, 0.15) is 0 Å². The fraction of sp³-hybridized carbons (Fsp3) is 0.667. The maximum absolute atomic E-state index is 6.22. The van der Waals surface area contributed by atoms with Crippen molar-refractivity contribution < 1.29 is 4.43 Å². The molecule has 2 rings (SSSR count). The van der Waals surface area contributed by atoms with Crippen molar-refractivity contribution in [2.75, 3.05) is 6.61 Å². The number of fused-ring (bicyclic) bond motifs is 1. The van der Waals surface area contributed by atoms with Gasteiger partial charge in [-0.15, -0.1) is 0 Å². The highest BCUT2D eigenvalue weighted by Gasteiger charge is 2.36. The molecule has 24 heavy (non-hydrogen) atoms. The van der Waals surface area contributed by atoms with Gasteiger partial charge >= 0.3 is 0 Å². The third kappa shape index (κ3) is 5.13. The highest BCUT2D eigenvalue weighted by atomic mass is 79.9. The predicted molar refractivity (Wildman–Crippen MR) is 106 cm³/mol. The fourth-order valence-electron chi connectivity index (χ4n) is 2.32. The predicted octanol–water partition coefficient (Wildman–Crippen LogP) is 5.62. The Morgan fingerprint density at radius 2 is 1.88 bits per heavy atom. The van der Waals surface area contributed by atoms with Crippen molar-refractivity contribution >= 4 is 29.9 Å². The summed E-state index contributed by atoms with van der Waals surface area (Å²) in [6, 6.07) is 2.06. The van der Waals surface area contributed by atoms with Gasteiger partial charge in [-0.3, -0.25) is 0 Å². The van der Waals surface area contributed by atoms with Gasteiger partial charge in [-0.2, -0.15) is 5.10 Å². The summed E-state index contributed by atoms with van der Waals surface area (Å²) in [4.78, 5) is 4.66. The lowest BCUT2D eigenvalue weighted by atomic mass is 10.1. The summed E-state index contributed by atoms with van der Waals surface area (Å²) in [7, 11) is -1.57. The first-order chi connectivity index (χ1) is 11.2. The molecule has 0 aliphatic heterocycles. The molecule has 6 heteroatoms. The van der Waals surface area contributed by atoms with E-state index in [4.69, 9.17) is 4.43 Å². The van der Waals surface area contributed by atoms with E-state index in [1.165, 1.54) is 19.3 Å². The molecule has 0 spiro atoms. The van der Waals surface area contributed by atoms with Crippen molar-refractivity contribution in [2.45, 2.75) is 71.0 Å². The van der Waals surface area contributed by atoms with E-state index in [0.29, 0.717) is 5.04 Å². The standard InChI is InChI=1S/C18H30BrN3OSi/c1-18(2,3)24(4,5)23-13-9-7-6-8-10-15-11-12-22-17(21-15)16(19)14-20-22/h11-12,14H,6-10,13H2,1-5H3. The quantitative estimate of drug-likeness (QED) is 0.418. The number of rotatable bonds is 8. The zero-order valence-corrected chi connectivity index (χ0v) is 18.2. The normalized spacial score (nSPS) is 12.9. The zero-order valence-electron chi connectivity index (χ0n) is 15.6. The van der Waals surface area contributed by atoms with Crippen molar-refractivity contribution in [1.82, 2.24) is 14.6 Å².